The van der Waals surface area contributed by atoms with E-state index in [4.69, 9.17) is 4.74 Å². The van der Waals surface area contributed by atoms with Crippen molar-refractivity contribution >= 4 is 22.4 Å². The molecule has 1 heterocycles. The summed E-state index contributed by atoms with van der Waals surface area (Å²) in [4.78, 5) is 16.5. The molecular weight excluding hydrogens is 327 g/mol. The normalized spacial score (nSPS) is 10.4. The van der Waals surface area contributed by atoms with Crippen LogP contribution in [0.15, 0.2) is 53.9 Å². The van der Waals surface area contributed by atoms with Gasteiger partial charge >= 0.3 is 0 Å². The van der Waals surface area contributed by atoms with Gasteiger partial charge in [-0.2, -0.15) is 0 Å². The van der Waals surface area contributed by atoms with Gasteiger partial charge in [-0.15, -0.1) is 11.3 Å². The van der Waals surface area contributed by atoms with E-state index < -0.39 is 0 Å². The summed E-state index contributed by atoms with van der Waals surface area (Å²) in [6, 6.07) is 13.4. The van der Waals surface area contributed by atoms with Gasteiger partial charge < -0.3 is 10.1 Å². The second kappa shape index (κ2) is 7.23. The average Bonchev–Trinajstić information content (AvgIpc) is 3.05. The molecule has 3 aromatic rings. The van der Waals surface area contributed by atoms with Crippen molar-refractivity contribution in [3.63, 3.8) is 0 Å². The van der Waals surface area contributed by atoms with Crippen LogP contribution in [0.1, 0.15) is 5.56 Å². The van der Waals surface area contributed by atoms with Gasteiger partial charge in [-0.1, -0.05) is 12.1 Å². The topological polar surface area (TPSA) is 51.2 Å². The number of methoxy groups -OCH3 is 1. The predicted molar refractivity (Wildman–Crippen MR) is 92.8 cm³/mol. The fourth-order valence-corrected chi connectivity index (χ4v) is 2.91. The molecule has 0 aliphatic heterocycles. The minimum Gasteiger partial charge on any atom is -0.497 e. The van der Waals surface area contributed by atoms with Crippen LogP contribution in [0.2, 0.25) is 0 Å². The monoisotopic (exact) mass is 342 g/mol. The van der Waals surface area contributed by atoms with E-state index in [1.165, 1.54) is 23.5 Å². The molecule has 4 nitrogen and oxygen atoms in total. The van der Waals surface area contributed by atoms with Gasteiger partial charge in [0.05, 0.1) is 19.2 Å². The molecule has 1 N–H and O–H groups in total. The summed E-state index contributed by atoms with van der Waals surface area (Å²) in [5.41, 5.74) is 2.49. The number of carbonyl (C=O) groups excluding carboxylic acids is 1. The Hall–Kier alpha value is -2.73. The molecule has 3 rings (SSSR count). The molecule has 0 fully saturated rings. The summed E-state index contributed by atoms with van der Waals surface area (Å²) in [7, 11) is 1.62. The van der Waals surface area contributed by atoms with Gasteiger partial charge in [-0.25, -0.2) is 9.37 Å². The molecule has 0 saturated heterocycles. The van der Waals surface area contributed by atoms with Crippen molar-refractivity contribution in [2.75, 3.05) is 12.4 Å². The lowest BCUT2D eigenvalue weighted by molar-refractivity contribution is -0.115. The minimum absolute atomic E-state index is 0.178. The van der Waals surface area contributed by atoms with Crippen LogP contribution >= 0.6 is 11.3 Å². The number of hydrogen-bond acceptors (Lipinski definition) is 4. The lowest BCUT2D eigenvalue weighted by Crippen LogP contribution is -2.14. The van der Waals surface area contributed by atoms with Crippen LogP contribution in [0.4, 0.5) is 9.52 Å². The maximum atomic E-state index is 12.9. The van der Waals surface area contributed by atoms with Gasteiger partial charge in [0.15, 0.2) is 5.13 Å². The van der Waals surface area contributed by atoms with Crippen LogP contribution in [0.3, 0.4) is 0 Å². The van der Waals surface area contributed by atoms with Crippen molar-refractivity contribution in [2.45, 2.75) is 6.42 Å². The Kier molecular flexibility index (Phi) is 4.86. The molecule has 0 unspecified atom stereocenters. The highest BCUT2D eigenvalue weighted by atomic mass is 32.1. The number of anilines is 1. The summed E-state index contributed by atoms with van der Waals surface area (Å²) >= 11 is 1.36. The standard InChI is InChI=1S/C18H15FN2O2S/c1-23-15-8-4-13(5-9-15)16-11-24-18(20-16)21-17(22)10-12-2-6-14(19)7-3-12/h2-9,11H,10H2,1H3,(H,20,21,22). The van der Waals surface area contributed by atoms with Crippen LogP contribution in [0.25, 0.3) is 11.3 Å². The zero-order valence-electron chi connectivity index (χ0n) is 13.0. The quantitative estimate of drug-likeness (QED) is 0.758. The van der Waals surface area contributed by atoms with Gasteiger partial charge in [-0.3, -0.25) is 4.79 Å². The first kappa shape index (κ1) is 16.1. The van der Waals surface area contributed by atoms with E-state index in [-0.39, 0.29) is 18.1 Å². The molecule has 0 saturated carbocycles. The molecule has 0 atom stereocenters. The molecule has 0 spiro atoms. The van der Waals surface area contributed by atoms with Gasteiger partial charge in [0.1, 0.15) is 11.6 Å². The number of hydrogen-bond donors (Lipinski definition) is 1. The Balaban J connectivity index is 1.64. The molecule has 0 aliphatic rings. The van der Waals surface area contributed by atoms with Crippen molar-refractivity contribution in [3.8, 4) is 17.0 Å². The molecule has 0 bridgehead atoms. The number of benzene rings is 2. The van der Waals surface area contributed by atoms with Crippen LogP contribution in [0, 0.1) is 5.82 Å². The number of carbonyl (C=O) groups is 1. The lowest BCUT2D eigenvalue weighted by atomic mass is 10.1. The Morgan fingerprint density at radius 1 is 1.17 bits per heavy atom. The summed E-state index contributed by atoms with van der Waals surface area (Å²) in [6.07, 6.45) is 0.178. The molecule has 2 aromatic carbocycles. The second-order valence-corrected chi connectivity index (χ2v) is 5.98. The fraction of sp³-hybridized carbons (Fsp3) is 0.111. The maximum Gasteiger partial charge on any atom is 0.230 e. The number of rotatable bonds is 5. The van der Waals surface area contributed by atoms with Crippen LogP contribution in [0.5, 0.6) is 5.75 Å². The summed E-state index contributed by atoms with van der Waals surface area (Å²) < 4.78 is 18.0. The number of nitrogens with one attached hydrogen (secondary N) is 1. The van der Waals surface area contributed by atoms with Crippen LogP contribution in [-0.2, 0) is 11.2 Å². The van der Waals surface area contributed by atoms with Crippen molar-refractivity contribution in [3.05, 3.63) is 65.3 Å². The molecule has 6 heteroatoms. The van der Waals surface area contributed by atoms with E-state index in [0.717, 1.165) is 22.6 Å². The highest BCUT2D eigenvalue weighted by molar-refractivity contribution is 7.14. The van der Waals surface area contributed by atoms with Crippen molar-refractivity contribution in [1.29, 1.82) is 0 Å². The second-order valence-electron chi connectivity index (χ2n) is 5.12. The summed E-state index contributed by atoms with van der Waals surface area (Å²) in [5.74, 6) is 0.280. The summed E-state index contributed by atoms with van der Waals surface area (Å²) in [6.45, 7) is 0. The SMILES string of the molecule is COc1ccc(-c2csc(NC(=O)Cc3ccc(F)cc3)n2)cc1. The van der Waals surface area contributed by atoms with Gasteiger partial charge in [0, 0.05) is 10.9 Å². The third-order valence-corrected chi connectivity index (χ3v) is 4.17. The van der Waals surface area contributed by atoms with Crippen LogP contribution < -0.4 is 10.1 Å². The average molecular weight is 342 g/mol. The molecular formula is C18H15FN2O2S. The fourth-order valence-electron chi connectivity index (χ4n) is 2.18. The molecule has 0 aliphatic carbocycles. The van der Waals surface area contributed by atoms with Crippen molar-refractivity contribution < 1.29 is 13.9 Å². The third-order valence-electron chi connectivity index (χ3n) is 3.41. The number of thiazole rings is 1. The first-order valence-corrected chi connectivity index (χ1v) is 8.16. The van der Waals surface area contributed by atoms with E-state index in [2.05, 4.69) is 10.3 Å². The first-order chi connectivity index (χ1) is 11.6. The number of ether oxygens (including phenoxy) is 1. The van der Waals surface area contributed by atoms with Gasteiger partial charge in [0.25, 0.3) is 0 Å². The Morgan fingerprint density at radius 3 is 2.54 bits per heavy atom. The number of amides is 1. The minimum atomic E-state index is -0.316. The van der Waals surface area contributed by atoms with Gasteiger partial charge in [-0.05, 0) is 42.0 Å². The largest absolute Gasteiger partial charge is 0.497 e. The highest BCUT2D eigenvalue weighted by Gasteiger charge is 2.09. The molecule has 0 radical (unpaired) electrons. The summed E-state index contributed by atoms with van der Waals surface area (Å²) in [5, 5.41) is 5.19. The van der Waals surface area contributed by atoms with E-state index >= 15 is 0 Å². The van der Waals surface area contributed by atoms with E-state index in [1.54, 1.807) is 19.2 Å². The smallest absolute Gasteiger partial charge is 0.230 e. The van der Waals surface area contributed by atoms with E-state index in [9.17, 15) is 9.18 Å². The van der Waals surface area contributed by atoms with Crippen molar-refractivity contribution in [2.24, 2.45) is 0 Å². The predicted octanol–water partition coefficient (Wildman–Crippen LogP) is 4.14. The molecule has 1 aromatic heterocycles. The lowest BCUT2D eigenvalue weighted by Gasteiger charge is -2.02. The maximum absolute atomic E-state index is 12.9. The van der Waals surface area contributed by atoms with E-state index in [1.807, 2.05) is 29.6 Å². The zero-order chi connectivity index (χ0) is 16.9. The molecule has 1 amide bonds. The van der Waals surface area contributed by atoms with E-state index in [0.29, 0.717) is 5.13 Å². The third kappa shape index (κ3) is 3.97. The van der Waals surface area contributed by atoms with Crippen LogP contribution in [-0.4, -0.2) is 18.0 Å². The van der Waals surface area contributed by atoms with Gasteiger partial charge in [0.2, 0.25) is 5.91 Å². The molecule has 122 valence electrons. The first-order valence-electron chi connectivity index (χ1n) is 7.28. The van der Waals surface area contributed by atoms with Crippen molar-refractivity contribution in [1.82, 2.24) is 4.98 Å². The highest BCUT2D eigenvalue weighted by Crippen LogP contribution is 2.26. The Morgan fingerprint density at radius 2 is 1.88 bits per heavy atom. The number of aromatic nitrogens is 1. The number of halogens is 1. The Labute approximate surface area is 142 Å². The number of nitrogens with zero attached hydrogens (tertiary/aromatic N) is 1. The molecule has 24 heavy (non-hydrogen) atoms. The Bertz CT molecular complexity index is 829. The zero-order valence-corrected chi connectivity index (χ0v) is 13.8.